The predicted molar refractivity (Wildman–Crippen MR) is 62.4 cm³/mol. The molecule has 2 amide bonds. The number of amides is 2. The standard InChI is InChI=1S/C10H13ClN4O2/c1-10(2,5-8(12)16)13-9(17)6-3-4-7(11)15-14-6/h3-4H,5H2,1-2H3,(H2,12,16)(H,13,17). The second kappa shape index (κ2) is 5.09. The molecule has 0 aliphatic carbocycles. The third-order valence-corrected chi connectivity index (χ3v) is 2.13. The van der Waals surface area contributed by atoms with E-state index in [-0.39, 0.29) is 17.3 Å². The van der Waals surface area contributed by atoms with Crippen LogP contribution in [0.5, 0.6) is 0 Å². The van der Waals surface area contributed by atoms with E-state index in [4.69, 9.17) is 17.3 Å². The summed E-state index contributed by atoms with van der Waals surface area (Å²) >= 11 is 5.55. The second-order valence-electron chi connectivity index (χ2n) is 4.22. The summed E-state index contributed by atoms with van der Waals surface area (Å²) in [7, 11) is 0. The van der Waals surface area contributed by atoms with Gasteiger partial charge in [0.15, 0.2) is 10.8 Å². The average Bonchev–Trinajstić information content (AvgIpc) is 2.15. The molecule has 0 spiro atoms. The van der Waals surface area contributed by atoms with Gasteiger partial charge in [-0.15, -0.1) is 10.2 Å². The maximum Gasteiger partial charge on any atom is 0.272 e. The molecule has 1 rings (SSSR count). The molecule has 0 aliphatic heterocycles. The van der Waals surface area contributed by atoms with Gasteiger partial charge >= 0.3 is 0 Å². The monoisotopic (exact) mass is 256 g/mol. The molecule has 0 aromatic carbocycles. The van der Waals surface area contributed by atoms with Gasteiger partial charge in [-0.3, -0.25) is 9.59 Å². The van der Waals surface area contributed by atoms with E-state index in [2.05, 4.69) is 15.5 Å². The van der Waals surface area contributed by atoms with Crippen molar-refractivity contribution in [3.8, 4) is 0 Å². The molecule has 1 aromatic heterocycles. The second-order valence-corrected chi connectivity index (χ2v) is 4.61. The van der Waals surface area contributed by atoms with Gasteiger partial charge in [0.25, 0.3) is 5.91 Å². The van der Waals surface area contributed by atoms with E-state index >= 15 is 0 Å². The molecule has 0 bridgehead atoms. The fraction of sp³-hybridized carbons (Fsp3) is 0.400. The zero-order chi connectivity index (χ0) is 13.1. The number of carbonyl (C=O) groups excluding carboxylic acids is 2. The van der Waals surface area contributed by atoms with Gasteiger partial charge in [0.05, 0.1) is 0 Å². The molecule has 3 N–H and O–H groups in total. The number of rotatable bonds is 4. The summed E-state index contributed by atoms with van der Waals surface area (Å²) in [6.07, 6.45) is 0.0414. The van der Waals surface area contributed by atoms with E-state index in [0.29, 0.717) is 0 Å². The Hall–Kier alpha value is -1.69. The summed E-state index contributed by atoms with van der Waals surface area (Å²) in [5.74, 6) is -0.919. The Kier molecular flexibility index (Phi) is 4.01. The zero-order valence-corrected chi connectivity index (χ0v) is 10.3. The molecule has 0 fully saturated rings. The lowest BCUT2D eigenvalue weighted by Gasteiger charge is -2.24. The van der Waals surface area contributed by atoms with Crippen molar-refractivity contribution in [1.29, 1.82) is 0 Å². The number of nitrogens with two attached hydrogens (primary N) is 1. The summed E-state index contributed by atoms with van der Waals surface area (Å²) in [6.45, 7) is 3.39. The topological polar surface area (TPSA) is 98.0 Å². The first-order valence-electron chi connectivity index (χ1n) is 4.90. The molecular formula is C10H13ClN4O2. The highest BCUT2D eigenvalue weighted by Crippen LogP contribution is 2.09. The largest absolute Gasteiger partial charge is 0.370 e. The number of carbonyl (C=O) groups is 2. The third kappa shape index (κ3) is 4.36. The van der Waals surface area contributed by atoms with Gasteiger partial charge < -0.3 is 11.1 Å². The molecule has 7 heteroatoms. The molecule has 0 unspecified atom stereocenters. The SMILES string of the molecule is CC(C)(CC(N)=O)NC(=O)c1ccc(Cl)nn1. The number of hydrogen-bond acceptors (Lipinski definition) is 4. The smallest absolute Gasteiger partial charge is 0.272 e. The quantitative estimate of drug-likeness (QED) is 0.820. The van der Waals surface area contributed by atoms with Crippen LogP contribution >= 0.6 is 11.6 Å². The van der Waals surface area contributed by atoms with E-state index in [0.717, 1.165) is 0 Å². The Morgan fingerprint density at radius 2 is 2.06 bits per heavy atom. The molecule has 1 heterocycles. The summed E-state index contributed by atoms with van der Waals surface area (Å²) in [6, 6.07) is 2.91. The maximum absolute atomic E-state index is 11.7. The molecule has 0 saturated heterocycles. The highest BCUT2D eigenvalue weighted by Gasteiger charge is 2.24. The Balaban J connectivity index is 2.72. The van der Waals surface area contributed by atoms with Gasteiger partial charge in [0, 0.05) is 12.0 Å². The summed E-state index contributed by atoms with van der Waals surface area (Å²) in [5.41, 5.74) is 4.48. The first-order valence-corrected chi connectivity index (χ1v) is 5.28. The Morgan fingerprint density at radius 3 is 2.53 bits per heavy atom. The van der Waals surface area contributed by atoms with Gasteiger partial charge in [0.1, 0.15) is 0 Å². The highest BCUT2D eigenvalue weighted by molar-refractivity contribution is 6.29. The maximum atomic E-state index is 11.7. The third-order valence-electron chi connectivity index (χ3n) is 1.93. The van der Waals surface area contributed by atoms with Crippen molar-refractivity contribution in [1.82, 2.24) is 15.5 Å². The van der Waals surface area contributed by atoms with Crippen LogP contribution in [0.25, 0.3) is 0 Å². The minimum absolute atomic E-state index is 0.0414. The van der Waals surface area contributed by atoms with Crippen LogP contribution in [0.15, 0.2) is 12.1 Å². The van der Waals surface area contributed by atoms with Crippen molar-refractivity contribution in [2.24, 2.45) is 5.73 Å². The number of hydrogen-bond donors (Lipinski definition) is 2. The Bertz CT molecular complexity index is 430. The molecule has 6 nitrogen and oxygen atoms in total. The molecular weight excluding hydrogens is 244 g/mol. The Morgan fingerprint density at radius 1 is 1.41 bits per heavy atom. The van der Waals surface area contributed by atoms with Crippen LogP contribution in [0.2, 0.25) is 5.15 Å². The van der Waals surface area contributed by atoms with E-state index < -0.39 is 17.4 Å². The van der Waals surface area contributed by atoms with Crippen LogP contribution in [0, 0.1) is 0 Å². The van der Waals surface area contributed by atoms with E-state index in [1.807, 2.05) is 0 Å². The molecule has 1 aromatic rings. The lowest BCUT2D eigenvalue weighted by molar-refractivity contribution is -0.119. The van der Waals surface area contributed by atoms with Crippen LogP contribution in [0.1, 0.15) is 30.8 Å². The van der Waals surface area contributed by atoms with Crippen molar-refractivity contribution in [2.45, 2.75) is 25.8 Å². The Labute approximate surface area is 104 Å². The molecule has 92 valence electrons. The number of halogens is 1. The van der Waals surface area contributed by atoms with Gasteiger partial charge in [-0.1, -0.05) is 11.6 Å². The molecule has 0 aliphatic rings. The van der Waals surface area contributed by atoms with E-state index in [1.54, 1.807) is 13.8 Å². The fourth-order valence-electron chi connectivity index (χ4n) is 1.29. The van der Waals surface area contributed by atoms with E-state index in [9.17, 15) is 9.59 Å². The van der Waals surface area contributed by atoms with Gasteiger partial charge in [-0.05, 0) is 26.0 Å². The molecule has 17 heavy (non-hydrogen) atoms. The van der Waals surface area contributed by atoms with Crippen molar-refractivity contribution in [3.63, 3.8) is 0 Å². The molecule has 0 radical (unpaired) electrons. The first kappa shape index (κ1) is 13.4. The zero-order valence-electron chi connectivity index (χ0n) is 9.53. The lowest BCUT2D eigenvalue weighted by atomic mass is 10.00. The minimum Gasteiger partial charge on any atom is -0.370 e. The van der Waals surface area contributed by atoms with Gasteiger partial charge in [-0.25, -0.2) is 0 Å². The van der Waals surface area contributed by atoms with Crippen LogP contribution in [0.4, 0.5) is 0 Å². The number of nitrogens with one attached hydrogen (secondary N) is 1. The minimum atomic E-state index is -0.732. The van der Waals surface area contributed by atoms with Crippen LogP contribution in [-0.2, 0) is 4.79 Å². The van der Waals surface area contributed by atoms with Crippen molar-refractivity contribution >= 4 is 23.4 Å². The van der Waals surface area contributed by atoms with Crippen LogP contribution in [0.3, 0.4) is 0 Å². The summed E-state index contributed by atoms with van der Waals surface area (Å²) < 4.78 is 0. The van der Waals surface area contributed by atoms with Crippen molar-refractivity contribution < 1.29 is 9.59 Å². The van der Waals surface area contributed by atoms with Gasteiger partial charge in [0.2, 0.25) is 5.91 Å². The summed E-state index contributed by atoms with van der Waals surface area (Å²) in [5, 5.41) is 10.0. The first-order chi connectivity index (χ1) is 7.80. The lowest BCUT2D eigenvalue weighted by Crippen LogP contribution is -2.46. The molecule has 0 saturated carbocycles. The average molecular weight is 257 g/mol. The molecule has 0 atom stereocenters. The van der Waals surface area contributed by atoms with Crippen molar-refractivity contribution in [2.75, 3.05) is 0 Å². The van der Waals surface area contributed by atoms with Gasteiger partial charge in [-0.2, -0.15) is 0 Å². The van der Waals surface area contributed by atoms with Crippen molar-refractivity contribution in [3.05, 3.63) is 23.0 Å². The fourth-order valence-corrected chi connectivity index (χ4v) is 1.39. The highest BCUT2D eigenvalue weighted by atomic mass is 35.5. The van der Waals surface area contributed by atoms with Crippen LogP contribution < -0.4 is 11.1 Å². The number of nitrogens with zero attached hydrogens (tertiary/aromatic N) is 2. The number of aromatic nitrogens is 2. The van der Waals surface area contributed by atoms with E-state index in [1.165, 1.54) is 12.1 Å². The number of primary amides is 1. The van der Waals surface area contributed by atoms with Crippen LogP contribution in [-0.4, -0.2) is 27.6 Å². The summed E-state index contributed by atoms with van der Waals surface area (Å²) in [4.78, 5) is 22.5. The predicted octanol–water partition coefficient (Wildman–Crippen LogP) is 0.514. The normalized spacial score (nSPS) is 11.0.